The molecular formula is C16H11BrClNO2. The second-order valence-electron chi connectivity index (χ2n) is 4.72. The van der Waals surface area contributed by atoms with Crippen molar-refractivity contribution in [1.29, 1.82) is 0 Å². The predicted molar refractivity (Wildman–Crippen MR) is 87.8 cm³/mol. The Morgan fingerprint density at radius 3 is 2.71 bits per heavy atom. The highest BCUT2D eigenvalue weighted by Gasteiger charge is 2.17. The van der Waals surface area contributed by atoms with Gasteiger partial charge in [0.05, 0.1) is 12.1 Å². The van der Waals surface area contributed by atoms with Crippen molar-refractivity contribution < 1.29 is 9.90 Å². The van der Waals surface area contributed by atoms with E-state index >= 15 is 0 Å². The Kier molecular flexibility index (Phi) is 3.74. The monoisotopic (exact) mass is 363 g/mol. The van der Waals surface area contributed by atoms with Gasteiger partial charge in [-0.2, -0.15) is 0 Å². The van der Waals surface area contributed by atoms with E-state index in [0.717, 1.165) is 32.2 Å². The van der Waals surface area contributed by atoms with Gasteiger partial charge in [-0.1, -0.05) is 45.7 Å². The lowest BCUT2D eigenvalue weighted by atomic mass is 10.0. The van der Waals surface area contributed by atoms with Gasteiger partial charge in [0.2, 0.25) is 0 Å². The van der Waals surface area contributed by atoms with Crippen LogP contribution in [-0.4, -0.2) is 16.1 Å². The number of nitrogens with one attached hydrogen (secondary N) is 1. The summed E-state index contributed by atoms with van der Waals surface area (Å²) in [5.74, 6) is -0.871. The number of carboxylic acids is 1. The zero-order valence-electron chi connectivity index (χ0n) is 10.9. The van der Waals surface area contributed by atoms with E-state index in [1.807, 2.05) is 30.3 Å². The minimum atomic E-state index is -0.871. The summed E-state index contributed by atoms with van der Waals surface area (Å²) in [7, 11) is 0. The van der Waals surface area contributed by atoms with Crippen LogP contribution in [0.1, 0.15) is 5.56 Å². The first-order valence-electron chi connectivity index (χ1n) is 6.33. The summed E-state index contributed by atoms with van der Waals surface area (Å²) in [4.78, 5) is 14.5. The van der Waals surface area contributed by atoms with Crippen LogP contribution < -0.4 is 0 Å². The largest absolute Gasteiger partial charge is 0.481 e. The average molecular weight is 365 g/mol. The van der Waals surface area contributed by atoms with E-state index in [1.54, 1.807) is 12.1 Å². The molecule has 1 heterocycles. The molecule has 0 aliphatic rings. The molecule has 0 atom stereocenters. The van der Waals surface area contributed by atoms with Gasteiger partial charge < -0.3 is 10.1 Å². The molecule has 0 radical (unpaired) electrons. The van der Waals surface area contributed by atoms with Gasteiger partial charge in [-0.15, -0.1) is 0 Å². The molecule has 2 aromatic carbocycles. The third-order valence-corrected chi connectivity index (χ3v) is 4.27. The number of H-pyrrole nitrogens is 1. The van der Waals surface area contributed by atoms with E-state index in [0.29, 0.717) is 5.02 Å². The van der Waals surface area contributed by atoms with Crippen molar-refractivity contribution in [3.63, 3.8) is 0 Å². The third-order valence-electron chi connectivity index (χ3n) is 3.34. The quantitative estimate of drug-likeness (QED) is 0.696. The molecule has 0 saturated carbocycles. The summed E-state index contributed by atoms with van der Waals surface area (Å²) in [5, 5.41) is 10.6. The Balaban J connectivity index is 2.31. The van der Waals surface area contributed by atoms with Gasteiger partial charge in [0.15, 0.2) is 0 Å². The summed E-state index contributed by atoms with van der Waals surface area (Å²) >= 11 is 9.55. The molecule has 0 aliphatic heterocycles. The maximum absolute atomic E-state index is 11.2. The van der Waals surface area contributed by atoms with Gasteiger partial charge >= 0.3 is 5.97 Å². The molecule has 1 aromatic heterocycles. The van der Waals surface area contributed by atoms with Crippen LogP contribution in [0.15, 0.2) is 46.9 Å². The van der Waals surface area contributed by atoms with Gasteiger partial charge in [0, 0.05) is 26.0 Å². The van der Waals surface area contributed by atoms with Crippen molar-refractivity contribution in [1.82, 2.24) is 4.98 Å². The van der Waals surface area contributed by atoms with Crippen LogP contribution in [0.4, 0.5) is 0 Å². The highest BCUT2D eigenvalue weighted by Crippen LogP contribution is 2.35. The predicted octanol–water partition coefficient (Wildman–Crippen LogP) is 4.88. The first-order chi connectivity index (χ1) is 10.1. The molecule has 0 aliphatic carbocycles. The number of carboxylic acid groups (broad SMARTS) is 1. The molecule has 106 valence electrons. The minimum absolute atomic E-state index is 0.0585. The second kappa shape index (κ2) is 5.54. The normalized spacial score (nSPS) is 11.0. The number of aromatic nitrogens is 1. The first kappa shape index (κ1) is 14.2. The number of halogens is 2. The molecule has 0 unspecified atom stereocenters. The Bertz CT molecular complexity index is 841. The van der Waals surface area contributed by atoms with E-state index in [9.17, 15) is 9.90 Å². The molecule has 3 nitrogen and oxygen atoms in total. The minimum Gasteiger partial charge on any atom is -0.481 e. The fourth-order valence-electron chi connectivity index (χ4n) is 2.45. The zero-order chi connectivity index (χ0) is 15.0. The molecule has 3 rings (SSSR count). The second-order valence-corrected chi connectivity index (χ2v) is 6.01. The maximum Gasteiger partial charge on any atom is 0.307 e. The fourth-order valence-corrected chi connectivity index (χ4v) is 3.10. The number of hydrogen-bond donors (Lipinski definition) is 2. The average Bonchev–Trinajstić information content (AvgIpc) is 2.77. The first-order valence-corrected chi connectivity index (χ1v) is 7.50. The number of carbonyl (C=O) groups is 1. The van der Waals surface area contributed by atoms with Crippen LogP contribution in [0, 0.1) is 0 Å². The van der Waals surface area contributed by atoms with Crippen molar-refractivity contribution in [3.05, 3.63) is 57.5 Å². The van der Waals surface area contributed by atoms with Crippen LogP contribution in [-0.2, 0) is 11.2 Å². The third kappa shape index (κ3) is 2.69. The highest BCUT2D eigenvalue weighted by atomic mass is 79.9. The van der Waals surface area contributed by atoms with Crippen molar-refractivity contribution in [3.8, 4) is 11.3 Å². The molecule has 5 heteroatoms. The van der Waals surface area contributed by atoms with Gasteiger partial charge in [-0.05, 0) is 29.8 Å². The standard InChI is InChI=1S/C16H11BrClNO2/c17-13-4-2-1-3-10(13)16-12(8-15(20)21)11-7-9(18)5-6-14(11)19-16/h1-7,19H,8H2,(H,20,21). The lowest BCUT2D eigenvalue weighted by molar-refractivity contribution is -0.136. The van der Waals surface area contributed by atoms with Crippen LogP contribution in [0.5, 0.6) is 0 Å². The molecule has 0 amide bonds. The van der Waals surface area contributed by atoms with Crippen LogP contribution >= 0.6 is 27.5 Å². The number of aliphatic carboxylic acids is 1. The molecule has 21 heavy (non-hydrogen) atoms. The highest BCUT2D eigenvalue weighted by molar-refractivity contribution is 9.10. The molecule has 0 saturated heterocycles. The summed E-state index contributed by atoms with van der Waals surface area (Å²) in [5.41, 5.74) is 3.36. The van der Waals surface area contributed by atoms with E-state index < -0.39 is 5.97 Å². The van der Waals surface area contributed by atoms with Gasteiger partial charge in [-0.3, -0.25) is 4.79 Å². The summed E-state index contributed by atoms with van der Waals surface area (Å²) in [6, 6.07) is 13.2. The van der Waals surface area contributed by atoms with Crippen LogP contribution in [0.25, 0.3) is 22.2 Å². The number of benzene rings is 2. The molecule has 0 bridgehead atoms. The number of aromatic amines is 1. The SMILES string of the molecule is O=C(O)Cc1c(-c2ccccc2Br)[nH]c2ccc(Cl)cc12. The fraction of sp³-hybridized carbons (Fsp3) is 0.0625. The van der Waals surface area contributed by atoms with E-state index in [2.05, 4.69) is 20.9 Å². The number of fused-ring (bicyclic) bond motifs is 1. The van der Waals surface area contributed by atoms with Gasteiger partial charge in [0.25, 0.3) is 0 Å². The Labute approximate surface area is 134 Å². The van der Waals surface area contributed by atoms with Crippen molar-refractivity contribution in [2.75, 3.05) is 0 Å². The van der Waals surface area contributed by atoms with Gasteiger partial charge in [-0.25, -0.2) is 0 Å². The lowest BCUT2D eigenvalue weighted by Gasteiger charge is -2.05. The topological polar surface area (TPSA) is 53.1 Å². The van der Waals surface area contributed by atoms with Crippen molar-refractivity contribution >= 4 is 44.4 Å². The summed E-state index contributed by atoms with van der Waals surface area (Å²) in [6.45, 7) is 0. The lowest BCUT2D eigenvalue weighted by Crippen LogP contribution is -2.01. The van der Waals surface area contributed by atoms with E-state index in [-0.39, 0.29) is 6.42 Å². The van der Waals surface area contributed by atoms with Crippen molar-refractivity contribution in [2.45, 2.75) is 6.42 Å². The molecule has 2 N–H and O–H groups in total. The van der Waals surface area contributed by atoms with E-state index in [1.165, 1.54) is 0 Å². The maximum atomic E-state index is 11.2. The van der Waals surface area contributed by atoms with Crippen LogP contribution in [0.2, 0.25) is 5.02 Å². The molecule has 0 spiro atoms. The Morgan fingerprint density at radius 2 is 2.00 bits per heavy atom. The number of hydrogen-bond acceptors (Lipinski definition) is 1. The van der Waals surface area contributed by atoms with Crippen LogP contribution in [0.3, 0.4) is 0 Å². The van der Waals surface area contributed by atoms with Crippen molar-refractivity contribution in [2.24, 2.45) is 0 Å². The van der Waals surface area contributed by atoms with E-state index in [4.69, 9.17) is 11.6 Å². The molecule has 0 fully saturated rings. The smallest absolute Gasteiger partial charge is 0.307 e. The molecule has 3 aromatic rings. The molecular weight excluding hydrogens is 354 g/mol. The summed E-state index contributed by atoms with van der Waals surface area (Å²) < 4.78 is 0.911. The Hall–Kier alpha value is -1.78. The Morgan fingerprint density at radius 1 is 1.24 bits per heavy atom. The summed E-state index contributed by atoms with van der Waals surface area (Å²) in [6.07, 6.45) is -0.0585. The van der Waals surface area contributed by atoms with Gasteiger partial charge in [0.1, 0.15) is 0 Å². The zero-order valence-corrected chi connectivity index (χ0v) is 13.2. The number of rotatable bonds is 3.